The van der Waals surface area contributed by atoms with Crippen LogP contribution in [-0.4, -0.2) is 19.0 Å². The topological polar surface area (TPSA) is 79.5 Å². The number of rotatable bonds is 4. The Balaban J connectivity index is 1.94. The Labute approximate surface area is 164 Å². The first-order chi connectivity index (χ1) is 13.7. The van der Waals surface area contributed by atoms with E-state index in [1.165, 1.54) is 19.2 Å². The molecule has 1 heterocycles. The van der Waals surface area contributed by atoms with E-state index in [9.17, 15) is 22.8 Å². The summed E-state index contributed by atoms with van der Waals surface area (Å²) < 4.78 is 43.7. The summed E-state index contributed by atoms with van der Waals surface area (Å²) >= 11 is 0. The van der Waals surface area contributed by atoms with Crippen LogP contribution in [0.4, 0.5) is 23.7 Å². The van der Waals surface area contributed by atoms with Crippen molar-refractivity contribution in [3.05, 3.63) is 70.9 Å². The number of methoxy groups -OCH3 is 1. The zero-order valence-corrected chi connectivity index (χ0v) is 15.6. The molecule has 1 atom stereocenters. The molecule has 152 valence electrons. The number of benzene rings is 2. The lowest BCUT2D eigenvalue weighted by Crippen LogP contribution is -2.46. The maximum atomic E-state index is 13.0. The van der Waals surface area contributed by atoms with Crippen LogP contribution in [0.2, 0.25) is 0 Å². The fourth-order valence-corrected chi connectivity index (χ4v) is 3.05. The van der Waals surface area contributed by atoms with Crippen LogP contribution in [0.5, 0.6) is 5.75 Å². The lowest BCUT2D eigenvalue weighted by Gasteiger charge is -2.29. The van der Waals surface area contributed by atoms with Gasteiger partial charge in [0.25, 0.3) is 5.91 Å². The van der Waals surface area contributed by atoms with E-state index in [0.29, 0.717) is 22.7 Å². The summed E-state index contributed by atoms with van der Waals surface area (Å²) in [6, 6.07) is 9.61. The van der Waals surface area contributed by atoms with Crippen LogP contribution < -0.4 is 20.7 Å². The minimum absolute atomic E-state index is 0.176. The zero-order chi connectivity index (χ0) is 21.2. The number of hydrogen-bond acceptors (Lipinski definition) is 3. The van der Waals surface area contributed by atoms with E-state index < -0.39 is 29.7 Å². The van der Waals surface area contributed by atoms with Gasteiger partial charge < -0.3 is 20.7 Å². The average molecular weight is 405 g/mol. The summed E-state index contributed by atoms with van der Waals surface area (Å²) in [6.07, 6.45) is -4.48. The number of allylic oxidation sites excluding steroid dienone is 1. The smallest absolute Gasteiger partial charge is 0.416 e. The summed E-state index contributed by atoms with van der Waals surface area (Å²) in [5.74, 6) is -0.0811. The van der Waals surface area contributed by atoms with Gasteiger partial charge in [-0.15, -0.1) is 0 Å². The van der Waals surface area contributed by atoms with Crippen molar-refractivity contribution in [2.75, 3.05) is 12.4 Å². The standard InChI is InChI=1S/C20H18F3N3O3/c1-11-16(18(27)25-14-5-3-4-6-15(14)29-2)17(26-19(28)24-11)12-7-9-13(10-8-12)20(21,22)23/h3-10,17H,1-2H3,(H,25,27)(H2,24,26,28)/t17-/m1/s1. The third-order valence-corrected chi connectivity index (χ3v) is 4.44. The van der Waals surface area contributed by atoms with Crippen LogP contribution in [-0.2, 0) is 11.0 Å². The van der Waals surface area contributed by atoms with Crippen molar-refractivity contribution < 1.29 is 27.5 Å². The highest BCUT2D eigenvalue weighted by molar-refractivity contribution is 6.07. The molecule has 2 aromatic carbocycles. The fraction of sp³-hybridized carbons (Fsp3) is 0.200. The minimum atomic E-state index is -4.48. The van der Waals surface area contributed by atoms with Gasteiger partial charge in [-0.25, -0.2) is 4.79 Å². The maximum Gasteiger partial charge on any atom is 0.416 e. The first-order valence-corrected chi connectivity index (χ1v) is 8.60. The zero-order valence-electron chi connectivity index (χ0n) is 15.6. The van der Waals surface area contributed by atoms with Gasteiger partial charge in [-0.1, -0.05) is 24.3 Å². The molecule has 0 bridgehead atoms. The van der Waals surface area contributed by atoms with Crippen molar-refractivity contribution in [3.8, 4) is 5.75 Å². The molecule has 6 nitrogen and oxygen atoms in total. The lowest BCUT2D eigenvalue weighted by molar-refractivity contribution is -0.137. The van der Waals surface area contributed by atoms with Gasteiger partial charge in [-0.3, -0.25) is 4.79 Å². The van der Waals surface area contributed by atoms with Crippen LogP contribution >= 0.6 is 0 Å². The normalized spacial score (nSPS) is 16.7. The molecule has 3 amide bonds. The molecule has 0 saturated carbocycles. The number of nitrogens with one attached hydrogen (secondary N) is 3. The predicted molar refractivity (Wildman–Crippen MR) is 100 cm³/mol. The molecule has 0 aromatic heterocycles. The molecule has 3 N–H and O–H groups in total. The summed E-state index contributed by atoms with van der Waals surface area (Å²) in [5, 5.41) is 7.82. The number of para-hydroxylation sites is 2. The highest BCUT2D eigenvalue weighted by Gasteiger charge is 2.33. The molecule has 2 aromatic rings. The third kappa shape index (κ3) is 4.34. The van der Waals surface area contributed by atoms with Crippen LogP contribution in [0.25, 0.3) is 0 Å². The third-order valence-electron chi connectivity index (χ3n) is 4.44. The van der Waals surface area contributed by atoms with Gasteiger partial charge in [0.05, 0.1) is 30.0 Å². The second-order valence-corrected chi connectivity index (χ2v) is 6.34. The summed E-state index contributed by atoms with van der Waals surface area (Å²) in [7, 11) is 1.46. The Morgan fingerprint density at radius 3 is 2.38 bits per heavy atom. The summed E-state index contributed by atoms with van der Waals surface area (Å²) in [4.78, 5) is 24.9. The summed E-state index contributed by atoms with van der Waals surface area (Å²) in [6.45, 7) is 1.55. The molecular formula is C20H18F3N3O3. The first-order valence-electron chi connectivity index (χ1n) is 8.60. The molecule has 9 heteroatoms. The van der Waals surface area contributed by atoms with Gasteiger partial charge in [0, 0.05) is 5.70 Å². The molecule has 3 rings (SSSR count). The summed E-state index contributed by atoms with van der Waals surface area (Å²) in [5.41, 5.74) is 0.421. The Hall–Kier alpha value is -3.49. The predicted octanol–water partition coefficient (Wildman–Crippen LogP) is 3.98. The molecule has 1 aliphatic rings. The van der Waals surface area contributed by atoms with Crippen LogP contribution in [0, 0.1) is 0 Å². The van der Waals surface area contributed by atoms with Crippen LogP contribution in [0.15, 0.2) is 59.8 Å². The van der Waals surface area contributed by atoms with Gasteiger partial charge >= 0.3 is 12.2 Å². The van der Waals surface area contributed by atoms with Gasteiger partial charge in [0.2, 0.25) is 0 Å². The van der Waals surface area contributed by atoms with Crippen molar-refractivity contribution in [1.29, 1.82) is 0 Å². The number of anilines is 1. The minimum Gasteiger partial charge on any atom is -0.495 e. The first kappa shape index (κ1) is 20.2. The Morgan fingerprint density at radius 2 is 1.76 bits per heavy atom. The fourth-order valence-electron chi connectivity index (χ4n) is 3.05. The number of carbonyl (C=O) groups excluding carboxylic acids is 2. The van der Waals surface area contributed by atoms with Crippen molar-refractivity contribution >= 4 is 17.6 Å². The Kier molecular flexibility index (Phi) is 5.49. The van der Waals surface area contributed by atoms with E-state index in [1.807, 2.05) is 0 Å². The number of halogens is 3. The number of alkyl halides is 3. The molecule has 0 aliphatic carbocycles. The SMILES string of the molecule is COc1ccccc1NC(=O)C1=C(C)NC(=O)N[C@@H]1c1ccc(C(F)(F)F)cc1. The molecule has 0 radical (unpaired) electrons. The van der Waals surface area contributed by atoms with Crippen molar-refractivity contribution in [2.45, 2.75) is 19.1 Å². The number of ether oxygens (including phenoxy) is 1. The van der Waals surface area contributed by atoms with E-state index in [2.05, 4.69) is 16.0 Å². The van der Waals surface area contributed by atoms with E-state index in [-0.39, 0.29) is 5.57 Å². The molecule has 29 heavy (non-hydrogen) atoms. The number of amides is 3. The van der Waals surface area contributed by atoms with Crippen molar-refractivity contribution in [3.63, 3.8) is 0 Å². The molecule has 0 saturated heterocycles. The maximum absolute atomic E-state index is 13.0. The molecule has 1 aliphatic heterocycles. The molecule has 0 fully saturated rings. The van der Waals surface area contributed by atoms with Crippen LogP contribution in [0.3, 0.4) is 0 Å². The second-order valence-electron chi connectivity index (χ2n) is 6.34. The molecule has 0 unspecified atom stereocenters. The molecular weight excluding hydrogens is 387 g/mol. The number of urea groups is 1. The lowest BCUT2D eigenvalue weighted by atomic mass is 9.94. The Morgan fingerprint density at radius 1 is 1.10 bits per heavy atom. The largest absolute Gasteiger partial charge is 0.495 e. The van der Waals surface area contributed by atoms with Gasteiger partial charge in [0.15, 0.2) is 0 Å². The quantitative estimate of drug-likeness (QED) is 0.720. The van der Waals surface area contributed by atoms with Crippen molar-refractivity contribution in [1.82, 2.24) is 10.6 Å². The number of hydrogen-bond donors (Lipinski definition) is 3. The van der Waals surface area contributed by atoms with Crippen LogP contribution in [0.1, 0.15) is 24.1 Å². The molecule has 0 spiro atoms. The van der Waals surface area contributed by atoms with Crippen molar-refractivity contribution in [2.24, 2.45) is 0 Å². The van der Waals surface area contributed by atoms with E-state index in [0.717, 1.165) is 12.1 Å². The van der Waals surface area contributed by atoms with E-state index in [4.69, 9.17) is 4.74 Å². The van der Waals surface area contributed by atoms with Gasteiger partial charge in [0.1, 0.15) is 5.75 Å². The Bertz CT molecular complexity index is 969. The highest BCUT2D eigenvalue weighted by atomic mass is 19.4. The second kappa shape index (κ2) is 7.86. The van der Waals surface area contributed by atoms with Gasteiger partial charge in [-0.2, -0.15) is 13.2 Å². The highest BCUT2D eigenvalue weighted by Crippen LogP contribution is 2.33. The van der Waals surface area contributed by atoms with Gasteiger partial charge in [-0.05, 0) is 36.8 Å². The van der Waals surface area contributed by atoms with E-state index >= 15 is 0 Å². The average Bonchev–Trinajstić information content (AvgIpc) is 2.67. The monoisotopic (exact) mass is 405 g/mol. The van der Waals surface area contributed by atoms with E-state index in [1.54, 1.807) is 31.2 Å². The number of carbonyl (C=O) groups is 2.